The van der Waals surface area contributed by atoms with Crippen molar-refractivity contribution in [1.82, 2.24) is 4.98 Å². The van der Waals surface area contributed by atoms with Gasteiger partial charge in [-0.05, 0) is 17.0 Å². The Morgan fingerprint density at radius 1 is 1.46 bits per heavy atom. The smallest absolute Gasteiger partial charge is 0.130 e. The van der Waals surface area contributed by atoms with Gasteiger partial charge in [-0.15, -0.1) is 0 Å². The number of hydrogen-bond donors (Lipinski definition) is 1. The summed E-state index contributed by atoms with van der Waals surface area (Å²) < 4.78 is 0. The molecule has 2 N–H and O–H groups in total. The topological polar surface area (TPSA) is 38.9 Å². The maximum absolute atomic E-state index is 5.66. The van der Waals surface area contributed by atoms with E-state index in [1.807, 2.05) is 12.3 Å². The minimum atomic E-state index is 0.110. The van der Waals surface area contributed by atoms with E-state index in [1.165, 1.54) is 5.56 Å². The lowest BCUT2D eigenvalue weighted by Crippen LogP contribution is -2.12. The first-order valence-corrected chi connectivity index (χ1v) is 4.33. The molecule has 2 nitrogen and oxygen atoms in total. The van der Waals surface area contributed by atoms with Crippen LogP contribution in [-0.4, -0.2) is 4.98 Å². The number of nitrogen functional groups attached to an aromatic ring is 1. The second-order valence-corrected chi connectivity index (χ2v) is 4.15. The van der Waals surface area contributed by atoms with E-state index in [0.717, 1.165) is 5.56 Å². The molecule has 0 amide bonds. The SMILES string of the molecule is C=Cc1cc(C(C)(C)C)cnc1N. The highest BCUT2D eigenvalue weighted by molar-refractivity contribution is 5.60. The minimum Gasteiger partial charge on any atom is -0.383 e. The summed E-state index contributed by atoms with van der Waals surface area (Å²) in [7, 11) is 0. The first kappa shape index (κ1) is 9.78. The first-order chi connectivity index (χ1) is 5.95. The Hall–Kier alpha value is -1.31. The van der Waals surface area contributed by atoms with E-state index in [9.17, 15) is 0 Å². The second-order valence-electron chi connectivity index (χ2n) is 4.15. The van der Waals surface area contributed by atoms with Crippen molar-refractivity contribution in [3.63, 3.8) is 0 Å². The van der Waals surface area contributed by atoms with Gasteiger partial charge in [0.2, 0.25) is 0 Å². The zero-order chi connectivity index (χ0) is 10.1. The quantitative estimate of drug-likeness (QED) is 0.714. The molecule has 0 aliphatic carbocycles. The summed E-state index contributed by atoms with van der Waals surface area (Å²) in [4.78, 5) is 4.12. The molecule has 0 fully saturated rings. The molecule has 0 aliphatic heterocycles. The van der Waals surface area contributed by atoms with Crippen LogP contribution in [0, 0.1) is 0 Å². The van der Waals surface area contributed by atoms with Crippen LogP contribution in [0.5, 0.6) is 0 Å². The molecule has 0 bridgehead atoms. The van der Waals surface area contributed by atoms with Crippen LogP contribution in [-0.2, 0) is 5.41 Å². The largest absolute Gasteiger partial charge is 0.383 e. The van der Waals surface area contributed by atoms with Gasteiger partial charge >= 0.3 is 0 Å². The van der Waals surface area contributed by atoms with Crippen LogP contribution in [0.25, 0.3) is 6.08 Å². The average Bonchev–Trinajstić information content (AvgIpc) is 2.03. The molecule has 1 aromatic heterocycles. The first-order valence-electron chi connectivity index (χ1n) is 4.33. The summed E-state index contributed by atoms with van der Waals surface area (Å²) in [5.74, 6) is 0.544. The molecule has 2 heteroatoms. The Bertz CT molecular complexity index is 321. The summed E-state index contributed by atoms with van der Waals surface area (Å²) >= 11 is 0. The van der Waals surface area contributed by atoms with Gasteiger partial charge in [0.1, 0.15) is 5.82 Å². The highest BCUT2D eigenvalue weighted by Crippen LogP contribution is 2.24. The van der Waals surface area contributed by atoms with E-state index < -0.39 is 0 Å². The van der Waals surface area contributed by atoms with Gasteiger partial charge in [-0.3, -0.25) is 0 Å². The predicted octanol–water partition coefficient (Wildman–Crippen LogP) is 2.60. The van der Waals surface area contributed by atoms with E-state index in [1.54, 1.807) is 6.08 Å². The average molecular weight is 176 g/mol. The Morgan fingerprint density at radius 3 is 2.54 bits per heavy atom. The summed E-state index contributed by atoms with van der Waals surface area (Å²) in [5.41, 5.74) is 7.86. The third kappa shape index (κ3) is 2.08. The van der Waals surface area contributed by atoms with Gasteiger partial charge in [-0.1, -0.05) is 33.4 Å². The van der Waals surface area contributed by atoms with E-state index in [2.05, 4.69) is 32.3 Å². The van der Waals surface area contributed by atoms with Crippen LogP contribution < -0.4 is 5.73 Å². The Labute approximate surface area is 79.5 Å². The maximum atomic E-state index is 5.66. The van der Waals surface area contributed by atoms with Gasteiger partial charge in [0.25, 0.3) is 0 Å². The molecule has 1 aromatic rings. The van der Waals surface area contributed by atoms with Gasteiger partial charge in [0.15, 0.2) is 0 Å². The molecule has 0 spiro atoms. The van der Waals surface area contributed by atoms with Crippen LogP contribution in [0.2, 0.25) is 0 Å². The third-order valence-electron chi connectivity index (χ3n) is 2.04. The van der Waals surface area contributed by atoms with Crippen LogP contribution in [0.3, 0.4) is 0 Å². The molecule has 0 aromatic carbocycles. The number of aromatic nitrogens is 1. The van der Waals surface area contributed by atoms with Crippen molar-refractivity contribution in [2.24, 2.45) is 0 Å². The lowest BCUT2D eigenvalue weighted by Gasteiger charge is -2.19. The molecule has 13 heavy (non-hydrogen) atoms. The zero-order valence-corrected chi connectivity index (χ0v) is 8.46. The maximum Gasteiger partial charge on any atom is 0.130 e. The fraction of sp³-hybridized carbons (Fsp3) is 0.364. The summed E-state index contributed by atoms with van der Waals surface area (Å²) in [6.45, 7) is 10.1. The lowest BCUT2D eigenvalue weighted by atomic mass is 9.87. The molecule has 1 rings (SSSR count). The van der Waals surface area contributed by atoms with Crippen molar-refractivity contribution in [2.45, 2.75) is 26.2 Å². The number of pyridine rings is 1. The van der Waals surface area contributed by atoms with Crippen LogP contribution >= 0.6 is 0 Å². The van der Waals surface area contributed by atoms with Crippen molar-refractivity contribution >= 4 is 11.9 Å². The molecule has 0 saturated heterocycles. The fourth-order valence-electron chi connectivity index (χ4n) is 1.07. The highest BCUT2D eigenvalue weighted by Gasteiger charge is 2.14. The molecule has 0 aliphatic rings. The van der Waals surface area contributed by atoms with E-state index in [-0.39, 0.29) is 5.41 Å². The Balaban J connectivity index is 3.21. The molecular weight excluding hydrogens is 160 g/mol. The van der Waals surface area contributed by atoms with Crippen molar-refractivity contribution in [3.8, 4) is 0 Å². The normalized spacial score (nSPS) is 11.3. The predicted molar refractivity (Wildman–Crippen MR) is 57.4 cm³/mol. The number of anilines is 1. The monoisotopic (exact) mass is 176 g/mol. The van der Waals surface area contributed by atoms with Crippen molar-refractivity contribution in [2.75, 3.05) is 5.73 Å². The zero-order valence-electron chi connectivity index (χ0n) is 8.46. The standard InChI is InChI=1S/C11H16N2/c1-5-8-6-9(11(2,3)4)7-13-10(8)12/h5-7H,1H2,2-4H3,(H2,12,13). The number of nitrogens with two attached hydrogens (primary N) is 1. The van der Waals surface area contributed by atoms with Gasteiger partial charge in [-0.2, -0.15) is 0 Å². The van der Waals surface area contributed by atoms with Crippen molar-refractivity contribution in [3.05, 3.63) is 30.0 Å². The Morgan fingerprint density at radius 2 is 2.08 bits per heavy atom. The number of nitrogens with zero attached hydrogens (tertiary/aromatic N) is 1. The minimum absolute atomic E-state index is 0.110. The number of rotatable bonds is 1. The second kappa shape index (κ2) is 3.21. The van der Waals surface area contributed by atoms with Crippen LogP contribution in [0.4, 0.5) is 5.82 Å². The number of hydrogen-bond acceptors (Lipinski definition) is 2. The van der Waals surface area contributed by atoms with Gasteiger partial charge in [0.05, 0.1) is 0 Å². The van der Waals surface area contributed by atoms with Gasteiger partial charge < -0.3 is 5.73 Å². The highest BCUT2D eigenvalue weighted by atomic mass is 14.8. The summed E-state index contributed by atoms with van der Waals surface area (Å²) in [5, 5.41) is 0. The molecule has 0 radical (unpaired) electrons. The third-order valence-corrected chi connectivity index (χ3v) is 2.04. The molecular formula is C11H16N2. The van der Waals surface area contributed by atoms with Gasteiger partial charge in [0, 0.05) is 11.8 Å². The fourth-order valence-corrected chi connectivity index (χ4v) is 1.07. The summed E-state index contributed by atoms with van der Waals surface area (Å²) in [6.07, 6.45) is 3.56. The Kier molecular flexibility index (Phi) is 2.41. The molecule has 0 saturated carbocycles. The molecule has 0 atom stereocenters. The van der Waals surface area contributed by atoms with Crippen LogP contribution in [0.1, 0.15) is 31.9 Å². The molecule has 1 heterocycles. The lowest BCUT2D eigenvalue weighted by molar-refractivity contribution is 0.587. The molecule has 70 valence electrons. The van der Waals surface area contributed by atoms with Gasteiger partial charge in [-0.25, -0.2) is 4.98 Å². The van der Waals surface area contributed by atoms with E-state index in [0.29, 0.717) is 5.82 Å². The van der Waals surface area contributed by atoms with Crippen LogP contribution in [0.15, 0.2) is 18.8 Å². The van der Waals surface area contributed by atoms with E-state index in [4.69, 9.17) is 5.73 Å². The summed E-state index contributed by atoms with van der Waals surface area (Å²) in [6, 6.07) is 2.04. The van der Waals surface area contributed by atoms with Crippen molar-refractivity contribution in [1.29, 1.82) is 0 Å². The van der Waals surface area contributed by atoms with Crippen molar-refractivity contribution < 1.29 is 0 Å². The molecule has 0 unspecified atom stereocenters. The van der Waals surface area contributed by atoms with E-state index >= 15 is 0 Å².